The number of rotatable bonds is 1. The zero-order chi connectivity index (χ0) is 22.0. The van der Waals surface area contributed by atoms with Crippen LogP contribution in [-0.2, 0) is 24.7 Å². The highest BCUT2D eigenvalue weighted by atomic mass is 16.7. The van der Waals surface area contributed by atoms with Gasteiger partial charge in [-0.2, -0.15) is 0 Å². The summed E-state index contributed by atoms with van der Waals surface area (Å²) < 4.78 is 5.87. The largest absolute Gasteiger partial charge is 0.507 e. The molecule has 30 heavy (non-hydrogen) atoms. The molecule has 0 radical (unpaired) electrons. The minimum atomic E-state index is -3.01. The molecule has 1 heterocycles. The van der Waals surface area contributed by atoms with Gasteiger partial charge in [0.1, 0.15) is 11.3 Å². The number of hydrogen-bond donors (Lipinski definition) is 5. The molecule has 0 spiro atoms. The number of nitrogens with two attached hydrogens (primary N) is 1. The maximum Gasteiger partial charge on any atom is 0.256 e. The number of amides is 1. The Morgan fingerprint density at radius 2 is 1.87 bits per heavy atom. The summed E-state index contributed by atoms with van der Waals surface area (Å²) >= 11 is 0. The Bertz CT molecular complexity index is 1140. The second-order valence-corrected chi connectivity index (χ2v) is 8.39. The van der Waals surface area contributed by atoms with Gasteiger partial charge in [-0.3, -0.25) is 19.2 Å². The van der Waals surface area contributed by atoms with Crippen LogP contribution in [0.3, 0.4) is 0 Å². The Balaban J connectivity index is 1.89. The topological polar surface area (TPSA) is 184 Å². The predicted molar refractivity (Wildman–Crippen MR) is 94.7 cm³/mol. The molecule has 6 atom stereocenters. The Morgan fingerprint density at radius 3 is 2.50 bits per heavy atom. The van der Waals surface area contributed by atoms with E-state index in [0.717, 1.165) is 0 Å². The van der Waals surface area contributed by atoms with Crippen molar-refractivity contribution < 1.29 is 44.3 Å². The number of carbonyl (C=O) groups is 4. The number of phenolic OH excluding ortho intramolecular Hbond substituents is 1. The van der Waals surface area contributed by atoms with Gasteiger partial charge in [0.05, 0.1) is 23.0 Å². The SMILES string of the molecule is C[C@@]12O[C@@]3(O)C(O)=C(C(N)=O)C(=O)[C@@]4(O)C(=O)[C@H](C(=O)c5c(O)cccc51)[C@@H]2C[C@H]43. The number of primary amides is 1. The van der Waals surface area contributed by atoms with Gasteiger partial charge in [0.25, 0.3) is 5.91 Å². The average molecular weight is 415 g/mol. The fourth-order valence-electron chi connectivity index (χ4n) is 5.72. The minimum Gasteiger partial charge on any atom is -0.507 e. The van der Waals surface area contributed by atoms with E-state index in [1.807, 2.05) is 0 Å². The fourth-order valence-corrected chi connectivity index (χ4v) is 5.72. The zero-order valence-corrected chi connectivity index (χ0v) is 15.6. The van der Waals surface area contributed by atoms with Crippen molar-refractivity contribution in [1.29, 1.82) is 0 Å². The van der Waals surface area contributed by atoms with Crippen LogP contribution in [0.1, 0.15) is 29.3 Å². The summed E-state index contributed by atoms with van der Waals surface area (Å²) in [7, 11) is 0. The summed E-state index contributed by atoms with van der Waals surface area (Å²) in [5.41, 5.74) is -0.634. The summed E-state index contributed by atoms with van der Waals surface area (Å²) in [5, 5.41) is 43.4. The number of Topliss-reactive ketones (excluding diaryl/α,β-unsaturated/α-hetero) is 3. The molecule has 1 aliphatic heterocycles. The molecular formula is C20H17NO9. The molecule has 10 heteroatoms. The third kappa shape index (κ3) is 1.72. The van der Waals surface area contributed by atoms with Gasteiger partial charge >= 0.3 is 0 Å². The molecule has 1 saturated carbocycles. The van der Waals surface area contributed by atoms with Gasteiger partial charge in [-0.25, -0.2) is 0 Å². The quantitative estimate of drug-likeness (QED) is 0.282. The second kappa shape index (κ2) is 5.15. The molecular weight excluding hydrogens is 398 g/mol. The molecule has 0 aromatic heterocycles. The van der Waals surface area contributed by atoms with Gasteiger partial charge in [-0.1, -0.05) is 12.1 Å². The molecule has 0 unspecified atom stereocenters. The Labute approximate surface area is 168 Å². The van der Waals surface area contributed by atoms with Crippen LogP contribution in [0.15, 0.2) is 29.5 Å². The van der Waals surface area contributed by atoms with Gasteiger partial charge in [0.2, 0.25) is 11.6 Å². The molecule has 156 valence electrons. The number of aliphatic hydroxyl groups is 3. The summed E-state index contributed by atoms with van der Waals surface area (Å²) in [5.74, 6) is -13.6. The predicted octanol–water partition coefficient (Wildman–Crippen LogP) is -1.04. The van der Waals surface area contributed by atoms with E-state index in [1.54, 1.807) is 0 Å². The molecule has 1 aromatic carbocycles. The van der Waals surface area contributed by atoms with E-state index in [9.17, 15) is 39.6 Å². The van der Waals surface area contributed by atoms with Crippen molar-refractivity contribution in [2.24, 2.45) is 23.5 Å². The highest BCUT2D eigenvalue weighted by molar-refractivity contribution is 6.32. The average Bonchev–Trinajstić information content (AvgIpc) is 2.66. The Kier molecular flexibility index (Phi) is 3.25. The van der Waals surface area contributed by atoms with Crippen molar-refractivity contribution in [1.82, 2.24) is 0 Å². The van der Waals surface area contributed by atoms with Crippen LogP contribution in [-0.4, -0.2) is 55.1 Å². The molecule has 1 amide bonds. The number of ketones is 3. The third-order valence-electron chi connectivity index (χ3n) is 7.10. The van der Waals surface area contributed by atoms with Crippen LogP contribution in [0.4, 0.5) is 0 Å². The minimum absolute atomic E-state index is 0.171. The summed E-state index contributed by atoms with van der Waals surface area (Å²) in [6.45, 7) is 1.47. The summed E-state index contributed by atoms with van der Waals surface area (Å²) in [6.07, 6.45) is -0.247. The maximum atomic E-state index is 13.4. The maximum absolute atomic E-state index is 13.4. The van der Waals surface area contributed by atoms with Crippen LogP contribution < -0.4 is 5.73 Å². The van der Waals surface area contributed by atoms with Crippen LogP contribution in [0.25, 0.3) is 0 Å². The second-order valence-electron chi connectivity index (χ2n) is 8.39. The van der Waals surface area contributed by atoms with Crippen molar-refractivity contribution in [2.75, 3.05) is 0 Å². The molecule has 10 nitrogen and oxygen atoms in total. The number of fused-ring (bicyclic) bond motifs is 2. The van der Waals surface area contributed by atoms with E-state index >= 15 is 0 Å². The van der Waals surface area contributed by atoms with Crippen molar-refractivity contribution in [3.63, 3.8) is 0 Å². The lowest BCUT2D eigenvalue weighted by atomic mass is 9.49. The number of aliphatic hydroxyl groups excluding tert-OH is 1. The highest BCUT2D eigenvalue weighted by Crippen LogP contribution is 2.64. The summed E-state index contributed by atoms with van der Waals surface area (Å²) in [6, 6.07) is 4.15. The van der Waals surface area contributed by atoms with Crippen LogP contribution in [0.2, 0.25) is 0 Å². The lowest BCUT2D eigenvalue weighted by molar-refractivity contribution is -0.356. The molecule has 6 N–H and O–H groups in total. The van der Waals surface area contributed by atoms with Crippen LogP contribution in [0, 0.1) is 17.8 Å². The molecule has 1 aromatic rings. The first-order valence-electron chi connectivity index (χ1n) is 9.25. The van der Waals surface area contributed by atoms with Gasteiger partial charge in [0.15, 0.2) is 22.9 Å². The van der Waals surface area contributed by atoms with E-state index in [1.165, 1.54) is 25.1 Å². The van der Waals surface area contributed by atoms with Gasteiger partial charge in [0, 0.05) is 5.92 Å². The van der Waals surface area contributed by atoms with Gasteiger partial charge < -0.3 is 30.9 Å². The number of benzene rings is 1. The third-order valence-corrected chi connectivity index (χ3v) is 7.10. The van der Waals surface area contributed by atoms with Crippen molar-refractivity contribution in [3.8, 4) is 5.75 Å². The molecule has 2 bridgehead atoms. The number of phenols is 1. The van der Waals surface area contributed by atoms with E-state index in [2.05, 4.69) is 0 Å². The van der Waals surface area contributed by atoms with Crippen molar-refractivity contribution in [3.05, 3.63) is 40.7 Å². The van der Waals surface area contributed by atoms with E-state index in [-0.39, 0.29) is 17.5 Å². The number of carbonyl (C=O) groups excluding carboxylic acids is 4. The van der Waals surface area contributed by atoms with E-state index < -0.39 is 75.1 Å². The lowest BCUT2D eigenvalue weighted by Crippen LogP contribution is -2.77. The van der Waals surface area contributed by atoms with Gasteiger partial charge in [-0.05, 0) is 25.0 Å². The first-order valence-corrected chi connectivity index (χ1v) is 9.25. The Morgan fingerprint density at radius 1 is 1.20 bits per heavy atom. The van der Waals surface area contributed by atoms with Gasteiger partial charge in [-0.15, -0.1) is 0 Å². The monoisotopic (exact) mass is 415 g/mol. The number of aromatic hydroxyl groups is 1. The molecule has 5 rings (SSSR count). The number of hydrogen-bond acceptors (Lipinski definition) is 9. The van der Waals surface area contributed by atoms with Crippen molar-refractivity contribution >= 4 is 23.3 Å². The van der Waals surface area contributed by atoms with Crippen LogP contribution in [0.5, 0.6) is 5.75 Å². The first kappa shape index (κ1) is 18.9. The smallest absolute Gasteiger partial charge is 0.256 e. The summed E-state index contributed by atoms with van der Waals surface area (Å²) in [4.78, 5) is 51.3. The Hall–Kier alpha value is -3.08. The normalized spacial score (nSPS) is 41.6. The molecule has 2 fully saturated rings. The molecule has 4 aliphatic rings. The molecule has 3 aliphatic carbocycles. The molecule has 1 saturated heterocycles. The highest BCUT2D eigenvalue weighted by Gasteiger charge is 2.77. The zero-order valence-electron chi connectivity index (χ0n) is 15.6. The van der Waals surface area contributed by atoms with Crippen molar-refractivity contribution in [2.45, 2.75) is 30.3 Å². The number of ether oxygens (including phenoxy) is 1. The lowest BCUT2D eigenvalue weighted by Gasteiger charge is -2.62. The van der Waals surface area contributed by atoms with E-state index in [0.29, 0.717) is 0 Å². The van der Waals surface area contributed by atoms with Crippen LogP contribution >= 0.6 is 0 Å². The fraction of sp³-hybridized carbons (Fsp3) is 0.400. The standard InChI is InChI=1S/C20H17NO9/c1-18-6-3-2-4-8(22)10(6)13(23)11-7(18)5-9-19(28,14(11)24)15(25)12(17(21)27)16(26)20(9,29)30-18/h2-4,7,9,11,22,26,28-29H,5H2,1H3,(H2,21,27)/t7-,9+,11-,18+,19-,20+/m0/s1. The first-order chi connectivity index (χ1) is 13.9. The van der Waals surface area contributed by atoms with E-state index in [4.69, 9.17) is 10.5 Å².